The lowest BCUT2D eigenvalue weighted by molar-refractivity contribution is -0.121. The van der Waals surface area contributed by atoms with Crippen LogP contribution in [0.3, 0.4) is 0 Å². The second kappa shape index (κ2) is 7.91. The summed E-state index contributed by atoms with van der Waals surface area (Å²) >= 11 is 0. The normalized spacial score (nSPS) is 14.9. The van der Waals surface area contributed by atoms with Crippen LogP contribution in [0.15, 0.2) is 36.4 Å². The molecule has 0 saturated carbocycles. The number of aryl methyl sites for hydroxylation is 3. The van der Waals surface area contributed by atoms with E-state index in [-0.39, 0.29) is 23.3 Å². The molecule has 1 saturated heterocycles. The highest BCUT2D eigenvalue weighted by Gasteiger charge is 2.29. The van der Waals surface area contributed by atoms with Gasteiger partial charge in [0.15, 0.2) is 0 Å². The molecule has 0 radical (unpaired) electrons. The standard InChI is InChI=1S/C22H25FN2O2/c1-14-12-15(2)20(16(3)13-14)24-21(26)17-8-10-25(11-9-17)22(27)18-6-4-5-7-19(18)23/h4-7,12-13,17H,8-11H2,1-3H3,(H,24,26). The van der Waals surface area contributed by atoms with Gasteiger partial charge >= 0.3 is 0 Å². The maximum Gasteiger partial charge on any atom is 0.256 e. The van der Waals surface area contributed by atoms with E-state index in [2.05, 4.69) is 17.4 Å². The predicted molar refractivity (Wildman–Crippen MR) is 104 cm³/mol. The van der Waals surface area contributed by atoms with E-state index in [0.717, 1.165) is 16.8 Å². The van der Waals surface area contributed by atoms with E-state index in [0.29, 0.717) is 25.9 Å². The topological polar surface area (TPSA) is 49.4 Å². The molecule has 0 unspecified atom stereocenters. The molecule has 0 atom stereocenters. The van der Waals surface area contributed by atoms with Gasteiger partial charge in [-0.15, -0.1) is 0 Å². The Labute approximate surface area is 159 Å². The molecule has 1 aliphatic heterocycles. The molecule has 27 heavy (non-hydrogen) atoms. The average Bonchev–Trinajstić information content (AvgIpc) is 2.64. The number of rotatable bonds is 3. The first-order valence-corrected chi connectivity index (χ1v) is 9.29. The number of likely N-dealkylation sites (tertiary alicyclic amines) is 1. The quantitative estimate of drug-likeness (QED) is 0.881. The Morgan fingerprint density at radius 2 is 1.63 bits per heavy atom. The molecule has 0 aliphatic carbocycles. The fourth-order valence-corrected chi connectivity index (χ4v) is 3.75. The molecule has 2 aromatic carbocycles. The van der Waals surface area contributed by atoms with Crippen LogP contribution in [0.1, 0.15) is 39.9 Å². The van der Waals surface area contributed by atoms with Gasteiger partial charge in [-0.2, -0.15) is 0 Å². The number of piperidine rings is 1. The third-order valence-electron chi connectivity index (χ3n) is 5.18. The minimum Gasteiger partial charge on any atom is -0.339 e. The van der Waals surface area contributed by atoms with Crippen molar-refractivity contribution in [2.75, 3.05) is 18.4 Å². The second-order valence-electron chi connectivity index (χ2n) is 7.31. The van der Waals surface area contributed by atoms with E-state index in [1.54, 1.807) is 17.0 Å². The fourth-order valence-electron chi connectivity index (χ4n) is 3.75. The fraction of sp³-hybridized carbons (Fsp3) is 0.364. The van der Waals surface area contributed by atoms with E-state index in [1.165, 1.54) is 17.7 Å². The summed E-state index contributed by atoms with van der Waals surface area (Å²) in [6.45, 7) is 6.93. The van der Waals surface area contributed by atoms with Gasteiger partial charge in [0.2, 0.25) is 5.91 Å². The molecular weight excluding hydrogens is 343 g/mol. The van der Waals surface area contributed by atoms with Gasteiger partial charge in [-0.3, -0.25) is 9.59 Å². The van der Waals surface area contributed by atoms with Crippen molar-refractivity contribution in [2.45, 2.75) is 33.6 Å². The zero-order valence-corrected chi connectivity index (χ0v) is 16.0. The number of anilines is 1. The Morgan fingerprint density at radius 3 is 2.22 bits per heavy atom. The third kappa shape index (κ3) is 4.18. The van der Waals surface area contributed by atoms with E-state index >= 15 is 0 Å². The van der Waals surface area contributed by atoms with Crippen molar-refractivity contribution in [3.8, 4) is 0 Å². The first-order chi connectivity index (χ1) is 12.9. The number of halogens is 1. The van der Waals surface area contributed by atoms with Gasteiger partial charge in [-0.1, -0.05) is 29.8 Å². The SMILES string of the molecule is Cc1cc(C)c(NC(=O)C2CCN(C(=O)c3ccccc3F)CC2)c(C)c1. The van der Waals surface area contributed by atoms with Gasteiger partial charge in [0, 0.05) is 24.7 Å². The van der Waals surface area contributed by atoms with Gasteiger partial charge in [0.25, 0.3) is 5.91 Å². The zero-order valence-electron chi connectivity index (χ0n) is 16.0. The van der Waals surface area contributed by atoms with E-state index in [1.807, 2.05) is 20.8 Å². The van der Waals surface area contributed by atoms with E-state index < -0.39 is 5.82 Å². The van der Waals surface area contributed by atoms with Crippen molar-refractivity contribution in [3.05, 3.63) is 64.5 Å². The van der Waals surface area contributed by atoms with Gasteiger partial charge in [-0.05, 0) is 56.9 Å². The number of carbonyl (C=O) groups excluding carboxylic acids is 2. The number of benzene rings is 2. The lowest BCUT2D eigenvalue weighted by Gasteiger charge is -2.31. The van der Waals surface area contributed by atoms with Crippen molar-refractivity contribution < 1.29 is 14.0 Å². The summed E-state index contributed by atoms with van der Waals surface area (Å²) < 4.78 is 13.8. The molecule has 1 N–H and O–H groups in total. The minimum absolute atomic E-state index is 0.0111. The van der Waals surface area contributed by atoms with Gasteiger partial charge in [0.1, 0.15) is 5.82 Å². The van der Waals surface area contributed by atoms with Gasteiger partial charge in [0.05, 0.1) is 5.56 Å². The van der Waals surface area contributed by atoms with Crippen LogP contribution in [-0.4, -0.2) is 29.8 Å². The monoisotopic (exact) mass is 368 g/mol. The molecule has 1 aliphatic rings. The molecule has 3 rings (SSSR count). The molecule has 1 heterocycles. The minimum atomic E-state index is -0.507. The number of amides is 2. The maximum absolute atomic E-state index is 13.8. The van der Waals surface area contributed by atoms with Crippen LogP contribution in [0.5, 0.6) is 0 Å². The Kier molecular flexibility index (Phi) is 5.59. The number of hydrogen-bond donors (Lipinski definition) is 1. The van der Waals surface area contributed by atoms with Crippen LogP contribution in [0, 0.1) is 32.5 Å². The summed E-state index contributed by atoms with van der Waals surface area (Å²) in [5, 5.41) is 3.06. The molecule has 2 aromatic rings. The Morgan fingerprint density at radius 1 is 1.04 bits per heavy atom. The predicted octanol–water partition coefficient (Wildman–Crippen LogP) is 4.24. The highest BCUT2D eigenvalue weighted by Crippen LogP contribution is 2.25. The smallest absolute Gasteiger partial charge is 0.256 e. The van der Waals surface area contributed by atoms with Crippen LogP contribution in [-0.2, 0) is 4.79 Å². The molecule has 5 heteroatoms. The van der Waals surface area contributed by atoms with Crippen LogP contribution >= 0.6 is 0 Å². The number of hydrogen-bond acceptors (Lipinski definition) is 2. The summed E-state index contributed by atoms with van der Waals surface area (Å²) in [6, 6.07) is 10.1. The van der Waals surface area contributed by atoms with Crippen molar-refractivity contribution in [3.63, 3.8) is 0 Å². The van der Waals surface area contributed by atoms with Gasteiger partial charge in [-0.25, -0.2) is 4.39 Å². The Balaban J connectivity index is 1.62. The van der Waals surface area contributed by atoms with Crippen molar-refractivity contribution in [2.24, 2.45) is 5.92 Å². The van der Waals surface area contributed by atoms with Crippen LogP contribution in [0.2, 0.25) is 0 Å². The highest BCUT2D eigenvalue weighted by molar-refractivity contribution is 5.96. The first kappa shape index (κ1) is 19.1. The molecule has 142 valence electrons. The van der Waals surface area contributed by atoms with E-state index in [9.17, 15) is 14.0 Å². The van der Waals surface area contributed by atoms with Crippen LogP contribution in [0.4, 0.5) is 10.1 Å². The summed E-state index contributed by atoms with van der Waals surface area (Å²) in [6.07, 6.45) is 1.16. The molecule has 4 nitrogen and oxygen atoms in total. The number of nitrogens with one attached hydrogen (secondary N) is 1. The first-order valence-electron chi connectivity index (χ1n) is 9.29. The lowest BCUT2D eigenvalue weighted by atomic mass is 9.94. The summed E-state index contributed by atoms with van der Waals surface area (Å²) in [5.41, 5.74) is 4.23. The van der Waals surface area contributed by atoms with E-state index in [4.69, 9.17) is 0 Å². The summed E-state index contributed by atoms with van der Waals surface area (Å²) in [4.78, 5) is 26.8. The second-order valence-corrected chi connectivity index (χ2v) is 7.31. The number of nitrogens with zero attached hydrogens (tertiary/aromatic N) is 1. The molecule has 0 bridgehead atoms. The van der Waals surface area contributed by atoms with Crippen molar-refractivity contribution >= 4 is 17.5 Å². The molecule has 2 amide bonds. The summed E-state index contributed by atoms with van der Waals surface area (Å²) in [7, 11) is 0. The van der Waals surface area contributed by atoms with Crippen molar-refractivity contribution in [1.82, 2.24) is 4.90 Å². The highest BCUT2D eigenvalue weighted by atomic mass is 19.1. The maximum atomic E-state index is 13.8. The molecule has 0 aromatic heterocycles. The Hall–Kier alpha value is -2.69. The largest absolute Gasteiger partial charge is 0.339 e. The van der Waals surface area contributed by atoms with Crippen LogP contribution < -0.4 is 5.32 Å². The lowest BCUT2D eigenvalue weighted by Crippen LogP contribution is -2.41. The molecule has 0 spiro atoms. The third-order valence-corrected chi connectivity index (χ3v) is 5.18. The van der Waals surface area contributed by atoms with Gasteiger partial charge < -0.3 is 10.2 Å². The van der Waals surface area contributed by atoms with Crippen molar-refractivity contribution in [1.29, 1.82) is 0 Å². The van der Waals surface area contributed by atoms with Crippen LogP contribution in [0.25, 0.3) is 0 Å². The molecular formula is C22H25FN2O2. The molecule has 1 fully saturated rings. The number of carbonyl (C=O) groups is 2. The Bertz CT molecular complexity index is 847. The average molecular weight is 368 g/mol. The summed E-state index contributed by atoms with van der Waals surface area (Å²) in [5.74, 6) is -0.970. The zero-order chi connectivity index (χ0) is 19.6.